The number of benzene rings is 1. The molecule has 0 amide bonds. The van der Waals surface area contributed by atoms with Gasteiger partial charge >= 0.3 is 0 Å². The lowest BCUT2D eigenvalue weighted by molar-refractivity contribution is 0.113. The number of oxazole rings is 1. The molecule has 4 nitrogen and oxygen atoms in total. The molecule has 1 aromatic carbocycles. The molecule has 2 aromatic rings. The van der Waals surface area contributed by atoms with Gasteiger partial charge in [0, 0.05) is 6.04 Å². The topological polar surface area (TPSA) is 49.5 Å². The fourth-order valence-electron chi connectivity index (χ4n) is 3.22. The number of aliphatic hydroxyl groups excluding tert-OH is 1. The highest BCUT2D eigenvalue weighted by molar-refractivity contribution is 5.17. The number of rotatable bonds is 5. The van der Waals surface area contributed by atoms with Gasteiger partial charge in [0.1, 0.15) is 5.76 Å². The molecule has 1 aromatic heterocycles. The average molecular weight is 300 g/mol. The van der Waals surface area contributed by atoms with Crippen LogP contribution in [0.1, 0.15) is 48.3 Å². The molecule has 2 heterocycles. The van der Waals surface area contributed by atoms with Gasteiger partial charge < -0.3 is 9.52 Å². The Bertz CT molecular complexity index is 589. The number of aryl methyl sites for hydroxylation is 2. The molecular formula is C18H24N2O2. The summed E-state index contributed by atoms with van der Waals surface area (Å²) in [5.74, 6) is 1.69. The average Bonchev–Trinajstić information content (AvgIpc) is 3.07. The van der Waals surface area contributed by atoms with Crippen molar-refractivity contribution in [3.63, 3.8) is 0 Å². The normalized spacial score (nSPS) is 20.4. The predicted molar refractivity (Wildman–Crippen MR) is 85.4 cm³/mol. The van der Waals surface area contributed by atoms with Crippen LogP contribution in [0, 0.1) is 13.8 Å². The van der Waals surface area contributed by atoms with E-state index in [2.05, 4.69) is 9.88 Å². The van der Waals surface area contributed by atoms with Crippen molar-refractivity contribution in [2.24, 2.45) is 0 Å². The van der Waals surface area contributed by atoms with Crippen LogP contribution in [0.2, 0.25) is 0 Å². The summed E-state index contributed by atoms with van der Waals surface area (Å²) in [6.07, 6.45) is 2.66. The summed E-state index contributed by atoms with van der Waals surface area (Å²) in [5.41, 5.74) is 1.97. The summed E-state index contributed by atoms with van der Waals surface area (Å²) < 4.78 is 5.70. The van der Waals surface area contributed by atoms with Gasteiger partial charge in [-0.2, -0.15) is 0 Å². The second kappa shape index (κ2) is 6.63. The Balaban J connectivity index is 1.63. The standard InChI is InChI=1S/C18H24N2O2/c1-13-14(2)22-18(19-13)12-20-10-6-9-16(20)11-17(21)15-7-4-3-5-8-15/h3-5,7-8,16-17,21H,6,9-12H2,1-2H3. The molecule has 1 fully saturated rings. The maximum absolute atomic E-state index is 10.4. The second-order valence-corrected chi connectivity index (χ2v) is 6.18. The number of likely N-dealkylation sites (tertiary alicyclic amines) is 1. The predicted octanol–water partition coefficient (Wildman–Crippen LogP) is 3.38. The molecule has 1 aliphatic rings. The van der Waals surface area contributed by atoms with E-state index in [-0.39, 0.29) is 0 Å². The first-order valence-electron chi connectivity index (χ1n) is 8.03. The zero-order chi connectivity index (χ0) is 15.5. The molecule has 0 bridgehead atoms. The first kappa shape index (κ1) is 15.3. The van der Waals surface area contributed by atoms with Gasteiger partial charge in [0.25, 0.3) is 0 Å². The highest BCUT2D eigenvalue weighted by Gasteiger charge is 2.28. The first-order chi connectivity index (χ1) is 10.6. The lowest BCUT2D eigenvalue weighted by Gasteiger charge is -2.25. The lowest BCUT2D eigenvalue weighted by Crippen LogP contribution is -2.30. The third kappa shape index (κ3) is 3.39. The van der Waals surface area contributed by atoms with Gasteiger partial charge in [-0.05, 0) is 45.2 Å². The van der Waals surface area contributed by atoms with Crippen LogP contribution in [0.4, 0.5) is 0 Å². The number of aliphatic hydroxyl groups is 1. The fourth-order valence-corrected chi connectivity index (χ4v) is 3.22. The molecule has 4 heteroatoms. The molecule has 1 aliphatic heterocycles. The Labute approximate surface area is 131 Å². The van der Waals surface area contributed by atoms with Crippen molar-refractivity contribution in [3.05, 3.63) is 53.2 Å². The SMILES string of the molecule is Cc1nc(CN2CCCC2CC(O)c2ccccc2)oc1C. The highest BCUT2D eigenvalue weighted by Crippen LogP contribution is 2.28. The summed E-state index contributed by atoms with van der Waals surface area (Å²) >= 11 is 0. The quantitative estimate of drug-likeness (QED) is 0.919. The van der Waals surface area contributed by atoms with Gasteiger partial charge in [-0.15, -0.1) is 0 Å². The third-order valence-electron chi connectivity index (χ3n) is 4.59. The molecule has 0 radical (unpaired) electrons. The Morgan fingerprint density at radius 3 is 2.77 bits per heavy atom. The summed E-state index contributed by atoms with van der Waals surface area (Å²) in [6, 6.07) is 10.3. The number of hydrogen-bond acceptors (Lipinski definition) is 4. The van der Waals surface area contributed by atoms with E-state index < -0.39 is 6.10 Å². The van der Waals surface area contributed by atoms with E-state index in [1.807, 2.05) is 44.2 Å². The molecule has 2 unspecified atom stereocenters. The minimum Gasteiger partial charge on any atom is -0.444 e. The van der Waals surface area contributed by atoms with Crippen molar-refractivity contribution in [2.75, 3.05) is 6.54 Å². The Morgan fingerprint density at radius 2 is 2.09 bits per heavy atom. The molecule has 0 spiro atoms. The van der Waals surface area contributed by atoms with Crippen molar-refractivity contribution in [1.82, 2.24) is 9.88 Å². The Morgan fingerprint density at radius 1 is 1.32 bits per heavy atom. The highest BCUT2D eigenvalue weighted by atomic mass is 16.4. The summed E-state index contributed by atoms with van der Waals surface area (Å²) in [4.78, 5) is 6.86. The maximum atomic E-state index is 10.4. The lowest BCUT2D eigenvalue weighted by atomic mass is 10.0. The van der Waals surface area contributed by atoms with Crippen molar-refractivity contribution in [3.8, 4) is 0 Å². The zero-order valence-electron chi connectivity index (χ0n) is 13.3. The van der Waals surface area contributed by atoms with Crippen molar-refractivity contribution in [1.29, 1.82) is 0 Å². The molecule has 1 saturated heterocycles. The molecule has 0 aliphatic carbocycles. The van der Waals surface area contributed by atoms with Gasteiger partial charge in [-0.1, -0.05) is 30.3 Å². The van der Waals surface area contributed by atoms with Gasteiger partial charge in [0.2, 0.25) is 5.89 Å². The fraction of sp³-hybridized carbons (Fsp3) is 0.500. The number of aromatic nitrogens is 1. The molecule has 3 rings (SSSR count). The van der Waals surface area contributed by atoms with Crippen LogP contribution in [0.15, 0.2) is 34.7 Å². The zero-order valence-corrected chi connectivity index (χ0v) is 13.3. The molecule has 1 N–H and O–H groups in total. The molecule has 22 heavy (non-hydrogen) atoms. The van der Waals surface area contributed by atoms with Gasteiger partial charge in [-0.3, -0.25) is 4.90 Å². The minimum atomic E-state index is -0.403. The van der Waals surface area contributed by atoms with Crippen LogP contribution >= 0.6 is 0 Å². The van der Waals surface area contributed by atoms with E-state index in [0.717, 1.165) is 48.8 Å². The summed E-state index contributed by atoms with van der Waals surface area (Å²) in [6.45, 7) is 5.71. The van der Waals surface area contributed by atoms with Crippen molar-refractivity contribution >= 4 is 0 Å². The monoisotopic (exact) mass is 300 g/mol. The summed E-state index contributed by atoms with van der Waals surface area (Å²) in [7, 11) is 0. The Hall–Kier alpha value is -1.65. The van der Waals surface area contributed by atoms with Crippen LogP contribution in [0.5, 0.6) is 0 Å². The second-order valence-electron chi connectivity index (χ2n) is 6.18. The van der Waals surface area contributed by atoms with Crippen LogP contribution in [-0.4, -0.2) is 27.6 Å². The third-order valence-corrected chi connectivity index (χ3v) is 4.59. The molecule has 2 atom stereocenters. The number of nitrogens with zero attached hydrogens (tertiary/aromatic N) is 2. The molecular weight excluding hydrogens is 276 g/mol. The first-order valence-corrected chi connectivity index (χ1v) is 8.03. The maximum Gasteiger partial charge on any atom is 0.208 e. The van der Waals surface area contributed by atoms with Crippen LogP contribution in [-0.2, 0) is 6.54 Å². The number of hydrogen-bond donors (Lipinski definition) is 1. The van der Waals surface area contributed by atoms with Gasteiger partial charge in [0.05, 0.1) is 18.3 Å². The van der Waals surface area contributed by atoms with Gasteiger partial charge in [-0.25, -0.2) is 4.98 Å². The van der Waals surface area contributed by atoms with E-state index in [1.165, 1.54) is 6.42 Å². The van der Waals surface area contributed by atoms with Gasteiger partial charge in [0.15, 0.2) is 0 Å². The molecule has 0 saturated carbocycles. The van der Waals surface area contributed by atoms with E-state index in [9.17, 15) is 5.11 Å². The summed E-state index contributed by atoms with van der Waals surface area (Å²) in [5, 5.41) is 10.4. The van der Waals surface area contributed by atoms with Crippen LogP contribution < -0.4 is 0 Å². The van der Waals surface area contributed by atoms with Crippen LogP contribution in [0.3, 0.4) is 0 Å². The minimum absolute atomic E-state index is 0.391. The van der Waals surface area contributed by atoms with E-state index in [4.69, 9.17) is 4.42 Å². The van der Waals surface area contributed by atoms with Crippen LogP contribution in [0.25, 0.3) is 0 Å². The van der Waals surface area contributed by atoms with E-state index in [0.29, 0.717) is 6.04 Å². The molecule has 118 valence electrons. The Kier molecular flexibility index (Phi) is 4.60. The van der Waals surface area contributed by atoms with Crippen molar-refractivity contribution < 1.29 is 9.52 Å². The smallest absolute Gasteiger partial charge is 0.208 e. The van der Waals surface area contributed by atoms with Crippen molar-refractivity contribution in [2.45, 2.75) is 51.8 Å². The van der Waals surface area contributed by atoms with E-state index >= 15 is 0 Å². The van der Waals surface area contributed by atoms with E-state index in [1.54, 1.807) is 0 Å². The largest absolute Gasteiger partial charge is 0.444 e.